The Balaban J connectivity index is 1.94. The van der Waals surface area contributed by atoms with E-state index in [-0.39, 0.29) is 0 Å². The second kappa shape index (κ2) is 5.92. The summed E-state index contributed by atoms with van der Waals surface area (Å²) >= 11 is 0. The lowest BCUT2D eigenvalue weighted by Crippen LogP contribution is -2.50. The monoisotopic (exact) mass is 276 g/mol. The van der Waals surface area contributed by atoms with Gasteiger partial charge in [-0.2, -0.15) is 0 Å². The average Bonchev–Trinajstić information content (AvgIpc) is 2.53. The number of nitrogens with zero attached hydrogens (tertiary/aromatic N) is 1. The molecule has 0 spiro atoms. The van der Waals surface area contributed by atoms with E-state index < -0.39 is 0 Å². The highest BCUT2D eigenvalue weighted by molar-refractivity contribution is 5.67. The van der Waals surface area contributed by atoms with E-state index >= 15 is 0 Å². The standard InChI is InChI=1S/C16H24N2O2/c1-3-12-9-14(16-15(10-12)19-7-8-20-16)18-6-5-17-13(4-2)11-18/h9-10,13,17H,3-8,11H2,1-2H3. The van der Waals surface area contributed by atoms with Crippen molar-refractivity contribution in [2.24, 2.45) is 0 Å². The largest absolute Gasteiger partial charge is 0.486 e. The molecular weight excluding hydrogens is 252 g/mol. The molecule has 1 saturated heterocycles. The molecule has 2 heterocycles. The summed E-state index contributed by atoms with van der Waals surface area (Å²) < 4.78 is 11.7. The topological polar surface area (TPSA) is 33.7 Å². The number of nitrogens with one attached hydrogen (secondary N) is 1. The van der Waals surface area contributed by atoms with Crippen molar-refractivity contribution in [3.8, 4) is 11.5 Å². The van der Waals surface area contributed by atoms with Crippen LogP contribution in [0.4, 0.5) is 5.69 Å². The molecule has 3 rings (SSSR count). The minimum Gasteiger partial charge on any atom is -0.486 e. The third-order valence-corrected chi connectivity index (χ3v) is 4.18. The Kier molecular flexibility index (Phi) is 4.01. The van der Waals surface area contributed by atoms with Crippen molar-refractivity contribution in [3.63, 3.8) is 0 Å². The highest BCUT2D eigenvalue weighted by Crippen LogP contribution is 2.41. The van der Waals surface area contributed by atoms with Crippen molar-refractivity contribution in [1.82, 2.24) is 5.32 Å². The third-order valence-electron chi connectivity index (χ3n) is 4.18. The van der Waals surface area contributed by atoms with Crippen LogP contribution in [0.5, 0.6) is 11.5 Å². The van der Waals surface area contributed by atoms with Crippen LogP contribution in [0, 0.1) is 0 Å². The number of benzene rings is 1. The van der Waals surface area contributed by atoms with Gasteiger partial charge in [0.15, 0.2) is 11.5 Å². The molecule has 1 aromatic carbocycles. The van der Waals surface area contributed by atoms with Crippen LogP contribution in [0.3, 0.4) is 0 Å². The van der Waals surface area contributed by atoms with Gasteiger partial charge in [0, 0.05) is 25.7 Å². The molecule has 1 unspecified atom stereocenters. The molecular formula is C16H24N2O2. The predicted molar refractivity (Wildman–Crippen MR) is 81.1 cm³/mol. The van der Waals surface area contributed by atoms with Crippen LogP contribution in [0.15, 0.2) is 12.1 Å². The van der Waals surface area contributed by atoms with Gasteiger partial charge >= 0.3 is 0 Å². The lowest BCUT2D eigenvalue weighted by atomic mass is 10.1. The maximum absolute atomic E-state index is 5.89. The lowest BCUT2D eigenvalue weighted by molar-refractivity contribution is 0.171. The summed E-state index contributed by atoms with van der Waals surface area (Å²) in [5, 5.41) is 3.56. The Hall–Kier alpha value is -1.42. The number of anilines is 1. The number of fused-ring (bicyclic) bond motifs is 1. The first-order valence-corrected chi connectivity index (χ1v) is 7.72. The number of rotatable bonds is 3. The van der Waals surface area contributed by atoms with Gasteiger partial charge in [-0.1, -0.05) is 13.8 Å². The molecule has 0 aromatic heterocycles. The molecule has 2 aliphatic heterocycles. The zero-order chi connectivity index (χ0) is 13.9. The van der Waals surface area contributed by atoms with E-state index in [4.69, 9.17) is 9.47 Å². The number of ether oxygens (including phenoxy) is 2. The Morgan fingerprint density at radius 1 is 1.25 bits per heavy atom. The Morgan fingerprint density at radius 3 is 2.90 bits per heavy atom. The Morgan fingerprint density at radius 2 is 2.10 bits per heavy atom. The second-order valence-electron chi connectivity index (χ2n) is 5.50. The van der Waals surface area contributed by atoms with E-state index in [1.807, 2.05) is 0 Å². The molecule has 1 aromatic rings. The van der Waals surface area contributed by atoms with Crippen molar-refractivity contribution in [3.05, 3.63) is 17.7 Å². The molecule has 1 N–H and O–H groups in total. The van der Waals surface area contributed by atoms with Gasteiger partial charge < -0.3 is 19.7 Å². The molecule has 4 heteroatoms. The van der Waals surface area contributed by atoms with E-state index in [2.05, 4.69) is 36.2 Å². The number of hydrogen-bond acceptors (Lipinski definition) is 4. The molecule has 4 nitrogen and oxygen atoms in total. The van der Waals surface area contributed by atoms with E-state index in [0.29, 0.717) is 19.3 Å². The number of hydrogen-bond donors (Lipinski definition) is 1. The molecule has 0 bridgehead atoms. The zero-order valence-electron chi connectivity index (χ0n) is 12.4. The summed E-state index contributed by atoms with van der Waals surface area (Å²) in [5.74, 6) is 1.85. The summed E-state index contributed by atoms with van der Waals surface area (Å²) in [6.45, 7) is 8.82. The summed E-state index contributed by atoms with van der Waals surface area (Å²) in [6.07, 6.45) is 2.18. The van der Waals surface area contributed by atoms with Crippen LogP contribution in [-0.4, -0.2) is 38.9 Å². The zero-order valence-corrected chi connectivity index (χ0v) is 12.4. The molecule has 1 atom stereocenters. The highest BCUT2D eigenvalue weighted by atomic mass is 16.6. The fourth-order valence-corrected chi connectivity index (χ4v) is 2.95. The van der Waals surface area contributed by atoms with Gasteiger partial charge in [0.05, 0.1) is 5.69 Å². The smallest absolute Gasteiger partial charge is 0.184 e. The highest BCUT2D eigenvalue weighted by Gasteiger charge is 2.25. The minimum absolute atomic E-state index is 0.564. The van der Waals surface area contributed by atoms with Gasteiger partial charge in [-0.3, -0.25) is 0 Å². The van der Waals surface area contributed by atoms with Crippen molar-refractivity contribution in [2.75, 3.05) is 37.7 Å². The predicted octanol–water partition coefficient (Wildman–Crippen LogP) is 2.21. The second-order valence-corrected chi connectivity index (χ2v) is 5.50. The lowest BCUT2D eigenvalue weighted by Gasteiger charge is -2.37. The quantitative estimate of drug-likeness (QED) is 0.918. The Labute approximate surface area is 121 Å². The van der Waals surface area contributed by atoms with Crippen molar-refractivity contribution >= 4 is 5.69 Å². The molecule has 20 heavy (non-hydrogen) atoms. The fraction of sp³-hybridized carbons (Fsp3) is 0.625. The van der Waals surface area contributed by atoms with Gasteiger partial charge in [-0.15, -0.1) is 0 Å². The van der Waals surface area contributed by atoms with Crippen LogP contribution in [0.2, 0.25) is 0 Å². The summed E-state index contributed by atoms with van der Waals surface area (Å²) in [7, 11) is 0. The van der Waals surface area contributed by atoms with Crippen molar-refractivity contribution < 1.29 is 9.47 Å². The van der Waals surface area contributed by atoms with E-state index in [1.165, 1.54) is 11.3 Å². The maximum Gasteiger partial charge on any atom is 0.184 e. The van der Waals surface area contributed by atoms with Crippen molar-refractivity contribution in [2.45, 2.75) is 32.7 Å². The fourth-order valence-electron chi connectivity index (χ4n) is 2.95. The van der Waals surface area contributed by atoms with E-state index in [1.54, 1.807) is 0 Å². The van der Waals surface area contributed by atoms with Gasteiger partial charge in [0.25, 0.3) is 0 Å². The van der Waals surface area contributed by atoms with Crippen LogP contribution >= 0.6 is 0 Å². The maximum atomic E-state index is 5.89. The molecule has 0 amide bonds. The number of aryl methyl sites for hydroxylation is 1. The Bertz CT molecular complexity index is 476. The first-order chi connectivity index (χ1) is 9.81. The van der Waals surface area contributed by atoms with E-state index in [9.17, 15) is 0 Å². The van der Waals surface area contributed by atoms with Gasteiger partial charge in [-0.05, 0) is 30.5 Å². The molecule has 0 radical (unpaired) electrons. The van der Waals surface area contributed by atoms with Crippen LogP contribution < -0.4 is 19.7 Å². The van der Waals surface area contributed by atoms with Gasteiger partial charge in [-0.25, -0.2) is 0 Å². The van der Waals surface area contributed by atoms with Crippen LogP contribution in [-0.2, 0) is 6.42 Å². The van der Waals surface area contributed by atoms with Crippen LogP contribution in [0.1, 0.15) is 25.8 Å². The minimum atomic E-state index is 0.564. The first kappa shape index (κ1) is 13.6. The average molecular weight is 276 g/mol. The van der Waals surface area contributed by atoms with E-state index in [0.717, 1.165) is 44.0 Å². The third kappa shape index (κ3) is 2.57. The number of piperazine rings is 1. The molecule has 2 aliphatic rings. The van der Waals surface area contributed by atoms with Gasteiger partial charge in [0.1, 0.15) is 13.2 Å². The van der Waals surface area contributed by atoms with Crippen molar-refractivity contribution in [1.29, 1.82) is 0 Å². The first-order valence-electron chi connectivity index (χ1n) is 7.72. The van der Waals surface area contributed by atoms with Gasteiger partial charge in [0.2, 0.25) is 0 Å². The normalized spacial score (nSPS) is 21.9. The SMILES string of the molecule is CCc1cc2c(c(N3CCNC(CC)C3)c1)OCCO2. The molecule has 0 saturated carbocycles. The van der Waals surface area contributed by atoms with Crippen LogP contribution in [0.25, 0.3) is 0 Å². The summed E-state index contributed by atoms with van der Waals surface area (Å²) in [6, 6.07) is 4.96. The summed E-state index contributed by atoms with van der Waals surface area (Å²) in [5.41, 5.74) is 2.52. The molecule has 1 fully saturated rings. The molecule has 110 valence electrons. The molecule has 0 aliphatic carbocycles. The summed E-state index contributed by atoms with van der Waals surface area (Å²) in [4.78, 5) is 2.44.